The standard InChI is InChI=1S/C16H22ClN3S/c1-19(2)7-8-20(3)11-13-5-4-6-14(9-13)16-18-15(10-17)12-21-16/h4-6,9,12H,7-8,10-11H2,1-3H3. The van der Waals surface area contributed by atoms with E-state index in [1.165, 1.54) is 11.1 Å². The molecule has 0 atom stereocenters. The molecule has 5 heteroatoms. The number of halogens is 1. The molecule has 1 heterocycles. The lowest BCUT2D eigenvalue weighted by Crippen LogP contribution is -2.28. The van der Waals surface area contributed by atoms with Gasteiger partial charge in [0.15, 0.2) is 0 Å². The van der Waals surface area contributed by atoms with E-state index in [9.17, 15) is 0 Å². The number of hydrogen-bond donors (Lipinski definition) is 0. The van der Waals surface area contributed by atoms with Gasteiger partial charge in [0, 0.05) is 30.6 Å². The second kappa shape index (κ2) is 7.90. The molecule has 0 N–H and O–H groups in total. The summed E-state index contributed by atoms with van der Waals surface area (Å²) in [7, 11) is 6.36. The van der Waals surface area contributed by atoms with E-state index in [2.05, 4.69) is 60.2 Å². The second-order valence-electron chi connectivity index (χ2n) is 5.52. The zero-order valence-corrected chi connectivity index (χ0v) is 14.4. The van der Waals surface area contributed by atoms with Crippen LogP contribution in [0.4, 0.5) is 0 Å². The zero-order valence-electron chi connectivity index (χ0n) is 12.8. The predicted molar refractivity (Wildman–Crippen MR) is 92.0 cm³/mol. The predicted octanol–water partition coefficient (Wildman–Crippen LogP) is 3.54. The minimum Gasteiger partial charge on any atom is -0.308 e. The van der Waals surface area contributed by atoms with E-state index in [4.69, 9.17) is 11.6 Å². The quantitative estimate of drug-likeness (QED) is 0.726. The molecular weight excluding hydrogens is 302 g/mol. The number of thiazole rings is 1. The molecule has 0 radical (unpaired) electrons. The van der Waals surface area contributed by atoms with Gasteiger partial charge in [-0.15, -0.1) is 22.9 Å². The molecule has 0 aliphatic rings. The van der Waals surface area contributed by atoms with Crippen LogP contribution < -0.4 is 0 Å². The first-order valence-corrected chi connectivity index (χ1v) is 8.43. The van der Waals surface area contributed by atoms with Crippen LogP contribution in [-0.4, -0.2) is 49.0 Å². The number of likely N-dealkylation sites (N-methyl/N-ethyl adjacent to an activating group) is 2. The van der Waals surface area contributed by atoms with Crippen LogP contribution in [0.1, 0.15) is 11.3 Å². The number of benzene rings is 1. The molecule has 0 saturated carbocycles. The Labute approximate surface area is 136 Å². The Bertz CT molecular complexity index is 568. The molecule has 2 rings (SSSR count). The average Bonchev–Trinajstić information content (AvgIpc) is 2.94. The van der Waals surface area contributed by atoms with Crippen LogP contribution in [0, 0.1) is 0 Å². The van der Waals surface area contributed by atoms with E-state index in [-0.39, 0.29) is 0 Å². The summed E-state index contributed by atoms with van der Waals surface area (Å²) in [5.74, 6) is 0.476. The summed E-state index contributed by atoms with van der Waals surface area (Å²) < 4.78 is 0. The Morgan fingerprint density at radius 3 is 2.67 bits per heavy atom. The summed E-state index contributed by atoms with van der Waals surface area (Å²) in [6.07, 6.45) is 0. The molecule has 0 aliphatic heterocycles. The zero-order chi connectivity index (χ0) is 15.2. The van der Waals surface area contributed by atoms with E-state index in [1.54, 1.807) is 11.3 Å². The minimum absolute atomic E-state index is 0.476. The Morgan fingerprint density at radius 1 is 1.19 bits per heavy atom. The molecule has 0 unspecified atom stereocenters. The first-order chi connectivity index (χ1) is 10.1. The Kier molecular flexibility index (Phi) is 6.18. The van der Waals surface area contributed by atoms with Gasteiger partial charge in [0.25, 0.3) is 0 Å². The van der Waals surface area contributed by atoms with Crippen molar-refractivity contribution in [3.63, 3.8) is 0 Å². The molecule has 0 spiro atoms. The van der Waals surface area contributed by atoms with Crippen LogP contribution in [0.25, 0.3) is 10.6 Å². The Balaban J connectivity index is 2.03. The molecule has 1 aromatic carbocycles. The molecule has 21 heavy (non-hydrogen) atoms. The van der Waals surface area contributed by atoms with Crippen molar-refractivity contribution in [1.82, 2.24) is 14.8 Å². The maximum atomic E-state index is 5.82. The van der Waals surface area contributed by atoms with Gasteiger partial charge in [0.2, 0.25) is 0 Å². The van der Waals surface area contributed by atoms with Crippen LogP contribution in [0.2, 0.25) is 0 Å². The van der Waals surface area contributed by atoms with Gasteiger partial charge in [-0.25, -0.2) is 4.98 Å². The molecule has 2 aromatic rings. The summed E-state index contributed by atoms with van der Waals surface area (Å²) in [4.78, 5) is 9.09. The van der Waals surface area contributed by atoms with Crippen molar-refractivity contribution in [2.24, 2.45) is 0 Å². The second-order valence-corrected chi connectivity index (χ2v) is 6.64. The number of alkyl halides is 1. The van der Waals surface area contributed by atoms with Crippen molar-refractivity contribution in [1.29, 1.82) is 0 Å². The van der Waals surface area contributed by atoms with E-state index < -0.39 is 0 Å². The lowest BCUT2D eigenvalue weighted by atomic mass is 10.1. The molecular formula is C16H22ClN3S. The van der Waals surface area contributed by atoms with E-state index in [0.29, 0.717) is 5.88 Å². The molecule has 0 bridgehead atoms. The van der Waals surface area contributed by atoms with Gasteiger partial charge in [0.05, 0.1) is 11.6 Å². The lowest BCUT2D eigenvalue weighted by Gasteiger charge is -2.19. The number of rotatable bonds is 7. The monoisotopic (exact) mass is 323 g/mol. The van der Waals surface area contributed by atoms with E-state index in [0.717, 1.165) is 30.3 Å². The maximum Gasteiger partial charge on any atom is 0.123 e. The molecule has 0 fully saturated rings. The van der Waals surface area contributed by atoms with Gasteiger partial charge in [-0.1, -0.05) is 18.2 Å². The summed E-state index contributed by atoms with van der Waals surface area (Å²) in [5.41, 5.74) is 3.44. The highest BCUT2D eigenvalue weighted by Gasteiger charge is 2.06. The van der Waals surface area contributed by atoms with Crippen molar-refractivity contribution in [2.75, 3.05) is 34.2 Å². The third-order valence-electron chi connectivity index (χ3n) is 3.24. The van der Waals surface area contributed by atoms with Gasteiger partial charge in [-0.3, -0.25) is 0 Å². The van der Waals surface area contributed by atoms with Gasteiger partial charge in [0.1, 0.15) is 5.01 Å². The maximum absolute atomic E-state index is 5.82. The highest BCUT2D eigenvalue weighted by atomic mass is 35.5. The normalized spacial score (nSPS) is 11.5. The first-order valence-electron chi connectivity index (χ1n) is 7.01. The van der Waals surface area contributed by atoms with Crippen molar-refractivity contribution >= 4 is 22.9 Å². The minimum atomic E-state index is 0.476. The Hall–Kier alpha value is -0.940. The van der Waals surface area contributed by atoms with Crippen LogP contribution in [0.15, 0.2) is 29.6 Å². The molecule has 3 nitrogen and oxygen atoms in total. The first kappa shape index (κ1) is 16.4. The smallest absolute Gasteiger partial charge is 0.123 e. The fourth-order valence-electron chi connectivity index (χ4n) is 2.07. The highest BCUT2D eigenvalue weighted by Crippen LogP contribution is 2.25. The molecule has 0 aliphatic carbocycles. The van der Waals surface area contributed by atoms with Gasteiger partial charge >= 0.3 is 0 Å². The number of nitrogens with zero attached hydrogens (tertiary/aromatic N) is 3. The van der Waals surface area contributed by atoms with E-state index in [1.807, 2.05) is 5.38 Å². The van der Waals surface area contributed by atoms with Crippen molar-refractivity contribution < 1.29 is 0 Å². The Morgan fingerprint density at radius 2 is 2.00 bits per heavy atom. The van der Waals surface area contributed by atoms with Crippen LogP contribution >= 0.6 is 22.9 Å². The third kappa shape index (κ3) is 5.08. The SMILES string of the molecule is CN(C)CCN(C)Cc1cccc(-c2nc(CCl)cs2)c1. The molecule has 114 valence electrons. The van der Waals surface area contributed by atoms with Crippen LogP contribution in [0.5, 0.6) is 0 Å². The molecule has 1 aromatic heterocycles. The number of aromatic nitrogens is 1. The van der Waals surface area contributed by atoms with Gasteiger partial charge in [-0.2, -0.15) is 0 Å². The van der Waals surface area contributed by atoms with Crippen LogP contribution in [-0.2, 0) is 12.4 Å². The fourth-order valence-corrected chi connectivity index (χ4v) is 3.11. The summed E-state index contributed by atoms with van der Waals surface area (Å²) in [5, 5.41) is 3.07. The average molecular weight is 324 g/mol. The largest absolute Gasteiger partial charge is 0.308 e. The fraction of sp³-hybridized carbons (Fsp3) is 0.438. The lowest BCUT2D eigenvalue weighted by molar-refractivity contribution is 0.276. The third-order valence-corrected chi connectivity index (χ3v) is 4.46. The van der Waals surface area contributed by atoms with Crippen molar-refractivity contribution in [2.45, 2.75) is 12.4 Å². The molecule has 0 amide bonds. The highest BCUT2D eigenvalue weighted by molar-refractivity contribution is 7.13. The van der Waals surface area contributed by atoms with Gasteiger partial charge < -0.3 is 9.80 Å². The summed E-state index contributed by atoms with van der Waals surface area (Å²) in [6.45, 7) is 3.09. The van der Waals surface area contributed by atoms with E-state index >= 15 is 0 Å². The molecule has 0 saturated heterocycles. The van der Waals surface area contributed by atoms with Crippen molar-refractivity contribution in [3.8, 4) is 10.6 Å². The number of hydrogen-bond acceptors (Lipinski definition) is 4. The summed E-state index contributed by atoms with van der Waals surface area (Å²) >= 11 is 7.47. The summed E-state index contributed by atoms with van der Waals surface area (Å²) in [6, 6.07) is 8.61. The van der Waals surface area contributed by atoms with Crippen molar-refractivity contribution in [3.05, 3.63) is 40.9 Å². The van der Waals surface area contributed by atoms with Gasteiger partial charge in [-0.05, 0) is 32.8 Å². The van der Waals surface area contributed by atoms with Crippen LogP contribution in [0.3, 0.4) is 0 Å². The topological polar surface area (TPSA) is 19.4 Å².